The smallest absolute Gasteiger partial charge is 0.247 e. The first-order valence-corrected chi connectivity index (χ1v) is 10.4. The molecule has 0 bridgehead atoms. The molecule has 0 radical (unpaired) electrons. The van der Waals surface area contributed by atoms with E-state index in [0.717, 1.165) is 29.7 Å². The lowest BCUT2D eigenvalue weighted by Gasteiger charge is -2.34. The molecule has 0 aliphatic carbocycles. The van der Waals surface area contributed by atoms with Crippen LogP contribution in [0.1, 0.15) is 49.4 Å². The van der Waals surface area contributed by atoms with Crippen LogP contribution in [0, 0.1) is 0 Å². The van der Waals surface area contributed by atoms with Gasteiger partial charge in [0.05, 0.1) is 12.4 Å². The van der Waals surface area contributed by atoms with Crippen LogP contribution in [-0.4, -0.2) is 32.8 Å². The van der Waals surface area contributed by atoms with Crippen LogP contribution >= 0.6 is 0 Å². The van der Waals surface area contributed by atoms with Crippen LogP contribution in [0.3, 0.4) is 0 Å². The lowest BCUT2D eigenvalue weighted by molar-refractivity contribution is -0.143. The van der Waals surface area contributed by atoms with Gasteiger partial charge in [-0.2, -0.15) is 0 Å². The minimum absolute atomic E-state index is 0.0441. The fraction of sp³-hybridized carbons (Fsp3) is 0.292. The molecule has 1 fully saturated rings. The van der Waals surface area contributed by atoms with E-state index in [2.05, 4.69) is 10.3 Å². The number of nitrogens with zero attached hydrogens (tertiary/aromatic N) is 3. The monoisotopic (exact) mass is 402 g/mol. The van der Waals surface area contributed by atoms with Gasteiger partial charge in [-0.15, -0.1) is 0 Å². The van der Waals surface area contributed by atoms with Gasteiger partial charge in [-0.05, 0) is 43.0 Å². The lowest BCUT2D eigenvalue weighted by Crippen LogP contribution is -2.46. The molecule has 30 heavy (non-hydrogen) atoms. The molecule has 0 saturated carbocycles. The van der Waals surface area contributed by atoms with Crippen molar-refractivity contribution in [2.45, 2.75) is 38.3 Å². The summed E-state index contributed by atoms with van der Waals surface area (Å²) in [6.07, 6.45) is 7.69. The Morgan fingerprint density at radius 1 is 1.03 bits per heavy atom. The van der Waals surface area contributed by atoms with Gasteiger partial charge in [-0.1, -0.05) is 42.5 Å². The Bertz CT molecular complexity index is 984. The highest BCUT2D eigenvalue weighted by Gasteiger charge is 2.33. The van der Waals surface area contributed by atoms with Gasteiger partial charge in [0.15, 0.2) is 0 Å². The second kappa shape index (κ2) is 8.95. The number of likely N-dealkylation sites (tertiary alicyclic amines) is 1. The Hall–Kier alpha value is -3.41. The summed E-state index contributed by atoms with van der Waals surface area (Å²) in [6, 6.07) is 16.8. The van der Waals surface area contributed by atoms with Crippen molar-refractivity contribution in [1.82, 2.24) is 19.8 Å². The van der Waals surface area contributed by atoms with Crippen molar-refractivity contribution in [3.63, 3.8) is 0 Å². The van der Waals surface area contributed by atoms with Crippen LogP contribution in [0.25, 0.3) is 5.69 Å². The van der Waals surface area contributed by atoms with Gasteiger partial charge < -0.3 is 14.8 Å². The number of nitrogens with one attached hydrogen (secondary N) is 1. The molecule has 2 amide bonds. The normalized spacial score (nSPS) is 16.2. The number of hydrogen-bond acceptors (Lipinski definition) is 3. The first-order chi connectivity index (χ1) is 14.6. The highest BCUT2D eigenvalue weighted by molar-refractivity contribution is 5.89. The summed E-state index contributed by atoms with van der Waals surface area (Å²) in [5.74, 6) is -0.106. The molecule has 1 N–H and O–H groups in total. The number of piperidine rings is 1. The van der Waals surface area contributed by atoms with E-state index < -0.39 is 6.04 Å². The maximum Gasteiger partial charge on any atom is 0.247 e. The zero-order valence-electron chi connectivity index (χ0n) is 17.1. The molecular weight excluding hydrogens is 376 g/mol. The molecule has 2 heterocycles. The molecule has 3 aromatic rings. The second-order valence-corrected chi connectivity index (χ2v) is 7.65. The topological polar surface area (TPSA) is 67.2 Å². The Kier molecular flexibility index (Phi) is 5.93. The van der Waals surface area contributed by atoms with Crippen molar-refractivity contribution in [2.75, 3.05) is 6.54 Å². The Morgan fingerprint density at radius 2 is 1.80 bits per heavy atom. The van der Waals surface area contributed by atoms with Gasteiger partial charge >= 0.3 is 0 Å². The highest BCUT2D eigenvalue weighted by atomic mass is 16.2. The molecule has 1 aliphatic rings. The van der Waals surface area contributed by atoms with Crippen LogP contribution in [-0.2, 0) is 9.59 Å². The third-order valence-corrected chi connectivity index (χ3v) is 5.59. The van der Waals surface area contributed by atoms with Gasteiger partial charge in [0.25, 0.3) is 0 Å². The van der Waals surface area contributed by atoms with Crippen LogP contribution in [0.4, 0.5) is 0 Å². The predicted molar refractivity (Wildman–Crippen MR) is 115 cm³/mol. The number of carbonyl (C=O) groups is 2. The third-order valence-electron chi connectivity index (χ3n) is 5.59. The minimum atomic E-state index is -0.605. The van der Waals surface area contributed by atoms with Crippen molar-refractivity contribution < 1.29 is 9.59 Å². The van der Waals surface area contributed by atoms with Gasteiger partial charge in [0.2, 0.25) is 11.8 Å². The number of hydrogen-bond donors (Lipinski definition) is 1. The number of imidazole rings is 1. The Labute approximate surface area is 176 Å². The van der Waals surface area contributed by atoms with Crippen LogP contribution in [0.15, 0.2) is 73.3 Å². The van der Waals surface area contributed by atoms with Crippen LogP contribution in [0.5, 0.6) is 0 Å². The largest absolute Gasteiger partial charge is 0.347 e. The predicted octanol–water partition coefficient (Wildman–Crippen LogP) is 3.80. The summed E-state index contributed by atoms with van der Waals surface area (Å²) >= 11 is 0. The molecule has 2 unspecified atom stereocenters. The van der Waals surface area contributed by atoms with E-state index in [1.807, 2.05) is 72.3 Å². The third kappa shape index (κ3) is 4.27. The molecule has 6 nitrogen and oxygen atoms in total. The zero-order chi connectivity index (χ0) is 20.9. The van der Waals surface area contributed by atoms with E-state index in [0.29, 0.717) is 13.0 Å². The van der Waals surface area contributed by atoms with Crippen molar-refractivity contribution in [2.24, 2.45) is 0 Å². The van der Waals surface area contributed by atoms with Crippen molar-refractivity contribution in [3.8, 4) is 5.69 Å². The number of carbonyl (C=O) groups excluding carboxylic acids is 2. The van der Waals surface area contributed by atoms with Crippen LogP contribution in [0.2, 0.25) is 0 Å². The van der Waals surface area contributed by atoms with Crippen molar-refractivity contribution in [3.05, 3.63) is 84.4 Å². The first kappa shape index (κ1) is 19.9. The summed E-state index contributed by atoms with van der Waals surface area (Å²) in [5.41, 5.74) is 2.85. The zero-order valence-corrected chi connectivity index (χ0v) is 17.1. The summed E-state index contributed by atoms with van der Waals surface area (Å²) in [7, 11) is 0. The van der Waals surface area contributed by atoms with E-state index in [1.54, 1.807) is 17.4 Å². The highest BCUT2D eigenvalue weighted by Crippen LogP contribution is 2.27. The average molecular weight is 402 g/mol. The van der Waals surface area contributed by atoms with E-state index in [1.165, 1.54) is 0 Å². The maximum atomic E-state index is 13.3. The molecule has 2 aromatic carbocycles. The number of benzene rings is 2. The van der Waals surface area contributed by atoms with E-state index in [4.69, 9.17) is 0 Å². The molecule has 1 saturated heterocycles. The number of rotatable bonds is 6. The van der Waals surface area contributed by atoms with Gasteiger partial charge in [0, 0.05) is 31.0 Å². The summed E-state index contributed by atoms with van der Waals surface area (Å²) in [6.45, 7) is 2.57. The van der Waals surface area contributed by atoms with E-state index in [-0.39, 0.29) is 17.9 Å². The quantitative estimate of drug-likeness (QED) is 0.682. The fourth-order valence-corrected chi connectivity index (χ4v) is 3.93. The van der Waals surface area contributed by atoms with Gasteiger partial charge in [0.1, 0.15) is 6.04 Å². The standard InChI is InChI=1S/C24H26N4O2/c1-18(19-10-12-21(13-11-19)27-16-14-25-17-27)26-24(30)23(20-7-3-2-4-8-20)28-15-6-5-9-22(28)29/h2-4,7-8,10-14,16-18,23H,5-6,9,15H2,1H3,(H,26,30). The minimum Gasteiger partial charge on any atom is -0.347 e. The second-order valence-electron chi connectivity index (χ2n) is 7.65. The van der Waals surface area contributed by atoms with Gasteiger partial charge in [-0.3, -0.25) is 9.59 Å². The molecule has 2 atom stereocenters. The van der Waals surface area contributed by atoms with Crippen molar-refractivity contribution >= 4 is 11.8 Å². The molecule has 4 rings (SSSR count). The molecule has 1 aromatic heterocycles. The first-order valence-electron chi connectivity index (χ1n) is 10.4. The SMILES string of the molecule is CC(NC(=O)C(c1ccccc1)N1CCCCC1=O)c1ccc(-n2ccnc2)cc1. The average Bonchev–Trinajstić information content (AvgIpc) is 3.31. The van der Waals surface area contributed by atoms with Crippen LogP contribution < -0.4 is 5.32 Å². The summed E-state index contributed by atoms with van der Waals surface area (Å²) in [4.78, 5) is 31.7. The maximum absolute atomic E-state index is 13.3. The van der Waals surface area contributed by atoms with Crippen molar-refractivity contribution in [1.29, 1.82) is 0 Å². The number of aromatic nitrogens is 2. The van der Waals surface area contributed by atoms with E-state index in [9.17, 15) is 9.59 Å². The molecule has 1 aliphatic heterocycles. The molecule has 6 heteroatoms. The van der Waals surface area contributed by atoms with Gasteiger partial charge in [-0.25, -0.2) is 4.98 Å². The number of amides is 2. The Morgan fingerprint density at radius 3 is 2.47 bits per heavy atom. The molecular formula is C24H26N4O2. The molecule has 0 spiro atoms. The summed E-state index contributed by atoms with van der Waals surface area (Å²) < 4.78 is 1.93. The molecule has 154 valence electrons. The summed E-state index contributed by atoms with van der Waals surface area (Å²) in [5, 5.41) is 3.11. The lowest BCUT2D eigenvalue weighted by atomic mass is 9.99. The van der Waals surface area contributed by atoms with E-state index >= 15 is 0 Å². The Balaban J connectivity index is 1.52. The fourth-order valence-electron chi connectivity index (χ4n) is 3.93.